The minimum atomic E-state index is 0.261. The molecule has 0 aromatic rings. The Kier molecular flexibility index (Phi) is 4.27. The Hall–Kier alpha value is -0.220. The monoisotopic (exact) mass is 269 g/mol. The van der Waals surface area contributed by atoms with Crippen molar-refractivity contribution < 1.29 is 0 Å². The first-order valence-corrected chi connectivity index (χ1v) is 8.07. The van der Waals surface area contributed by atoms with E-state index in [9.17, 15) is 0 Å². The van der Waals surface area contributed by atoms with Crippen LogP contribution in [0.2, 0.25) is 0 Å². The molecule has 0 aliphatic carbocycles. The Morgan fingerprint density at radius 1 is 1.33 bits per heavy atom. The number of likely N-dealkylation sites (tertiary alicyclic amines) is 1. The molecule has 2 fully saturated rings. The van der Waals surface area contributed by atoms with Gasteiger partial charge in [-0.05, 0) is 51.7 Å². The Labute approximate surface area is 116 Å². The third kappa shape index (κ3) is 3.41. The van der Waals surface area contributed by atoms with Gasteiger partial charge in [-0.25, -0.2) is 0 Å². The van der Waals surface area contributed by atoms with E-state index in [1.807, 2.05) is 11.8 Å². The van der Waals surface area contributed by atoms with Crippen LogP contribution >= 0.6 is 11.8 Å². The van der Waals surface area contributed by atoms with Crippen LogP contribution in [-0.2, 0) is 0 Å². The molecule has 1 N–H and O–H groups in total. The third-order valence-electron chi connectivity index (χ3n) is 4.52. The van der Waals surface area contributed by atoms with E-state index in [0.29, 0.717) is 5.41 Å². The molecule has 2 aliphatic rings. The van der Waals surface area contributed by atoms with E-state index in [-0.39, 0.29) is 5.54 Å². The number of nitrogens with one attached hydrogen (secondary N) is 1. The summed E-state index contributed by atoms with van der Waals surface area (Å²) in [6.45, 7) is 10.3. The zero-order valence-electron chi connectivity index (χ0n) is 12.3. The lowest BCUT2D eigenvalue weighted by Crippen LogP contribution is -2.40. The summed E-state index contributed by atoms with van der Waals surface area (Å²) in [6, 6.07) is 0. The Balaban J connectivity index is 1.88. The number of amidine groups is 1. The van der Waals surface area contributed by atoms with Crippen LogP contribution in [0.4, 0.5) is 0 Å². The molecule has 2 heterocycles. The molecule has 2 rings (SSSR count). The molecule has 1 unspecified atom stereocenters. The fourth-order valence-corrected chi connectivity index (χ4v) is 3.62. The van der Waals surface area contributed by atoms with E-state index in [1.165, 1.54) is 37.5 Å². The highest BCUT2D eigenvalue weighted by atomic mass is 32.2. The van der Waals surface area contributed by atoms with Crippen LogP contribution < -0.4 is 5.32 Å². The quantitative estimate of drug-likeness (QED) is 0.853. The normalized spacial score (nSPS) is 34.8. The van der Waals surface area contributed by atoms with E-state index in [4.69, 9.17) is 4.99 Å². The van der Waals surface area contributed by atoms with E-state index in [0.717, 1.165) is 12.3 Å². The average Bonchev–Trinajstić information content (AvgIpc) is 2.74. The highest BCUT2D eigenvalue weighted by Crippen LogP contribution is 2.32. The van der Waals surface area contributed by atoms with Gasteiger partial charge in [0.05, 0.1) is 0 Å². The van der Waals surface area contributed by atoms with Gasteiger partial charge in [0.2, 0.25) is 0 Å². The molecule has 0 saturated carbocycles. The van der Waals surface area contributed by atoms with Gasteiger partial charge in [-0.2, -0.15) is 0 Å². The first-order valence-electron chi connectivity index (χ1n) is 7.09. The summed E-state index contributed by atoms with van der Waals surface area (Å²) in [4.78, 5) is 7.26. The van der Waals surface area contributed by atoms with Crippen molar-refractivity contribution in [2.45, 2.75) is 45.6 Å². The predicted octanol–water partition coefficient (Wildman–Crippen LogP) is 2.58. The zero-order valence-corrected chi connectivity index (χ0v) is 13.1. The van der Waals surface area contributed by atoms with Crippen molar-refractivity contribution in [3.8, 4) is 0 Å². The summed E-state index contributed by atoms with van der Waals surface area (Å²) in [7, 11) is 2.21. The molecule has 3 nitrogen and oxygen atoms in total. The fourth-order valence-electron chi connectivity index (χ4n) is 2.41. The number of nitrogens with zero attached hydrogens (tertiary/aromatic N) is 2. The molecule has 4 heteroatoms. The lowest BCUT2D eigenvalue weighted by Gasteiger charge is -2.36. The average molecular weight is 269 g/mol. The van der Waals surface area contributed by atoms with Crippen molar-refractivity contribution in [2.75, 3.05) is 32.4 Å². The third-order valence-corrected chi connectivity index (χ3v) is 5.80. The van der Waals surface area contributed by atoms with Gasteiger partial charge < -0.3 is 10.2 Å². The van der Waals surface area contributed by atoms with Crippen molar-refractivity contribution in [3.63, 3.8) is 0 Å². The molecule has 104 valence electrons. The number of thioether (sulfide) groups is 1. The zero-order chi connectivity index (χ0) is 13.2. The van der Waals surface area contributed by atoms with Gasteiger partial charge in [0, 0.05) is 17.8 Å². The maximum atomic E-state index is 4.84. The first kappa shape index (κ1) is 14.2. The van der Waals surface area contributed by atoms with Crippen LogP contribution in [-0.4, -0.2) is 48.0 Å². The molecule has 0 aromatic heterocycles. The van der Waals surface area contributed by atoms with E-state index >= 15 is 0 Å². The van der Waals surface area contributed by atoms with Gasteiger partial charge in [-0.15, -0.1) is 0 Å². The Bertz CT molecular complexity index is 321. The Morgan fingerprint density at radius 2 is 2.00 bits per heavy atom. The molecule has 1 atom stereocenters. The molecule has 0 amide bonds. The topological polar surface area (TPSA) is 27.6 Å². The van der Waals surface area contributed by atoms with Crippen LogP contribution in [0.5, 0.6) is 0 Å². The van der Waals surface area contributed by atoms with Gasteiger partial charge in [0.1, 0.15) is 0 Å². The largest absolute Gasteiger partial charge is 0.359 e. The van der Waals surface area contributed by atoms with Crippen LogP contribution in [0, 0.1) is 5.41 Å². The van der Waals surface area contributed by atoms with Gasteiger partial charge in [0.15, 0.2) is 5.17 Å². The maximum absolute atomic E-state index is 4.84. The molecular weight excluding hydrogens is 242 g/mol. The van der Waals surface area contributed by atoms with Gasteiger partial charge in [0.25, 0.3) is 0 Å². The Morgan fingerprint density at radius 3 is 2.56 bits per heavy atom. The van der Waals surface area contributed by atoms with E-state index in [2.05, 4.69) is 38.0 Å². The van der Waals surface area contributed by atoms with Crippen molar-refractivity contribution in [1.29, 1.82) is 0 Å². The van der Waals surface area contributed by atoms with Crippen LogP contribution in [0.25, 0.3) is 0 Å². The molecule has 0 spiro atoms. The number of hydrogen-bond donors (Lipinski definition) is 1. The minimum absolute atomic E-state index is 0.261. The molecule has 2 aliphatic heterocycles. The van der Waals surface area contributed by atoms with Crippen molar-refractivity contribution >= 4 is 16.9 Å². The van der Waals surface area contributed by atoms with Crippen LogP contribution in [0.3, 0.4) is 0 Å². The van der Waals surface area contributed by atoms with Crippen molar-refractivity contribution in [3.05, 3.63) is 0 Å². The van der Waals surface area contributed by atoms with Gasteiger partial charge in [-0.1, -0.05) is 25.6 Å². The van der Waals surface area contributed by atoms with Crippen molar-refractivity contribution in [1.82, 2.24) is 10.2 Å². The lowest BCUT2D eigenvalue weighted by molar-refractivity contribution is 0.147. The molecule has 0 bridgehead atoms. The summed E-state index contributed by atoms with van der Waals surface area (Å²) in [6.07, 6.45) is 3.72. The van der Waals surface area contributed by atoms with Crippen LogP contribution in [0.1, 0.15) is 40.0 Å². The highest BCUT2D eigenvalue weighted by Gasteiger charge is 2.32. The van der Waals surface area contributed by atoms with E-state index in [1.54, 1.807) is 0 Å². The molecule has 18 heavy (non-hydrogen) atoms. The summed E-state index contributed by atoms with van der Waals surface area (Å²) in [5, 5.41) is 4.75. The number of piperidine rings is 1. The number of aliphatic imine (C=N–C) groups is 1. The highest BCUT2D eigenvalue weighted by molar-refractivity contribution is 8.14. The summed E-state index contributed by atoms with van der Waals surface area (Å²) in [5.41, 5.74) is 0.671. The number of rotatable bonds is 3. The molecular formula is C14H27N3S. The molecule has 0 aromatic carbocycles. The fraction of sp³-hybridized carbons (Fsp3) is 0.929. The number of hydrogen-bond acceptors (Lipinski definition) is 3. The second-order valence-electron chi connectivity index (χ2n) is 6.56. The molecule has 2 saturated heterocycles. The summed E-state index contributed by atoms with van der Waals surface area (Å²) < 4.78 is 0. The van der Waals surface area contributed by atoms with Crippen LogP contribution in [0.15, 0.2) is 4.99 Å². The maximum Gasteiger partial charge on any atom is 0.157 e. The van der Waals surface area contributed by atoms with Gasteiger partial charge >= 0.3 is 0 Å². The standard InChI is InChI=1S/C14H27N3S/c1-5-14(3)11-18-12(16-14)15-10-13(2)6-8-17(4)9-7-13/h5-11H2,1-4H3,(H,15,16). The SMILES string of the molecule is CCC1(C)CSC(=NCC2(C)CCN(C)CC2)N1. The van der Waals surface area contributed by atoms with Gasteiger partial charge in [-0.3, -0.25) is 4.99 Å². The second kappa shape index (κ2) is 5.41. The first-order chi connectivity index (χ1) is 8.45. The smallest absolute Gasteiger partial charge is 0.157 e. The van der Waals surface area contributed by atoms with Crippen molar-refractivity contribution in [2.24, 2.45) is 10.4 Å². The lowest BCUT2D eigenvalue weighted by atomic mass is 9.80. The summed E-state index contributed by atoms with van der Waals surface area (Å²) >= 11 is 1.89. The minimum Gasteiger partial charge on any atom is -0.359 e. The summed E-state index contributed by atoms with van der Waals surface area (Å²) in [5.74, 6) is 1.15. The second-order valence-corrected chi connectivity index (χ2v) is 7.53. The predicted molar refractivity (Wildman–Crippen MR) is 81.4 cm³/mol. The molecule has 0 radical (unpaired) electrons. The van der Waals surface area contributed by atoms with E-state index < -0.39 is 0 Å².